The van der Waals surface area contributed by atoms with Gasteiger partial charge in [0.05, 0.1) is 42.0 Å². The van der Waals surface area contributed by atoms with Crippen molar-refractivity contribution < 1.29 is 19.1 Å². The minimum atomic E-state index is -1.05. The number of ketones is 1. The van der Waals surface area contributed by atoms with Crippen LogP contribution in [0.5, 0.6) is 0 Å². The molecule has 1 unspecified atom stereocenters. The maximum Gasteiger partial charge on any atom is 0.318 e. The Bertz CT molecular complexity index is 1460. The number of halogens is 2. The first-order valence-corrected chi connectivity index (χ1v) is 16.5. The monoisotopic (exact) mass is 650 g/mol. The molecule has 1 atom stereocenters. The smallest absolute Gasteiger partial charge is 0.318 e. The maximum absolute atomic E-state index is 15.0. The SMILES string of the molecule is O=C(NC1(c2ccccc2)CCN(C(CN2CCOCC2)(C(=O)c2ccccc2)c2ccc(Cl)c(Cl)c2)CC1)N1CCOCC1. The molecule has 3 aliphatic rings. The zero-order valence-electron chi connectivity index (χ0n) is 25.4. The highest BCUT2D eigenvalue weighted by molar-refractivity contribution is 6.42. The number of Topliss-reactive ketones (excluding diaryl/α,β-unsaturated/α-hetero) is 1. The molecule has 1 N–H and O–H groups in total. The van der Waals surface area contributed by atoms with E-state index in [1.165, 1.54) is 0 Å². The minimum Gasteiger partial charge on any atom is -0.379 e. The average molecular weight is 652 g/mol. The van der Waals surface area contributed by atoms with Gasteiger partial charge >= 0.3 is 6.03 Å². The largest absolute Gasteiger partial charge is 0.379 e. The number of piperidine rings is 1. The Morgan fingerprint density at radius 1 is 0.756 bits per heavy atom. The number of nitrogens with one attached hydrogen (secondary N) is 1. The summed E-state index contributed by atoms with van der Waals surface area (Å²) in [6.07, 6.45) is 1.25. The molecule has 3 saturated heterocycles. The van der Waals surface area contributed by atoms with Gasteiger partial charge in [-0.15, -0.1) is 0 Å². The van der Waals surface area contributed by atoms with Crippen molar-refractivity contribution in [1.82, 2.24) is 20.0 Å². The number of likely N-dealkylation sites (tertiary alicyclic amines) is 1. The lowest BCUT2D eigenvalue weighted by Crippen LogP contribution is -2.64. The summed E-state index contributed by atoms with van der Waals surface area (Å²) >= 11 is 13.1. The summed E-state index contributed by atoms with van der Waals surface area (Å²) in [7, 11) is 0. The molecule has 3 heterocycles. The molecule has 3 fully saturated rings. The number of amides is 2. The van der Waals surface area contributed by atoms with E-state index >= 15 is 0 Å². The number of carbonyl (C=O) groups is 2. The van der Waals surface area contributed by atoms with Crippen LogP contribution >= 0.6 is 23.2 Å². The molecule has 0 spiro atoms. The van der Waals surface area contributed by atoms with Crippen LogP contribution < -0.4 is 5.32 Å². The van der Waals surface area contributed by atoms with Crippen LogP contribution in [0.15, 0.2) is 78.9 Å². The molecule has 0 bridgehead atoms. The molecule has 3 aliphatic heterocycles. The summed E-state index contributed by atoms with van der Waals surface area (Å²) in [6.45, 7) is 6.49. The molecule has 8 nitrogen and oxygen atoms in total. The highest BCUT2D eigenvalue weighted by Crippen LogP contribution is 2.42. The third-order valence-corrected chi connectivity index (χ3v) is 10.2. The second-order valence-electron chi connectivity index (χ2n) is 12.0. The number of hydrogen-bond acceptors (Lipinski definition) is 6. The van der Waals surface area contributed by atoms with Crippen molar-refractivity contribution >= 4 is 35.0 Å². The fourth-order valence-electron chi connectivity index (χ4n) is 6.95. The van der Waals surface area contributed by atoms with Crippen molar-refractivity contribution in [2.75, 3.05) is 72.2 Å². The standard InChI is InChI=1S/C35H40Cl2N4O4/c36-30-12-11-29(25-31(30)37)35(26-39-17-21-44-22-18-39,32(42)27-7-3-1-4-8-27)41-15-13-34(14-16-41,28-9-5-2-6-10-28)38-33(43)40-19-23-45-24-20-40/h1-12,25H,13-24,26H2,(H,38,43). The van der Waals surface area contributed by atoms with E-state index in [2.05, 4.69) is 27.2 Å². The normalized spacial score (nSPS) is 20.7. The number of nitrogens with zero attached hydrogens (tertiary/aromatic N) is 3. The number of rotatable bonds is 8. The molecule has 0 aromatic heterocycles. The van der Waals surface area contributed by atoms with Crippen LogP contribution in [0, 0.1) is 0 Å². The van der Waals surface area contributed by atoms with Crippen molar-refractivity contribution in [3.63, 3.8) is 0 Å². The molecular weight excluding hydrogens is 611 g/mol. The number of urea groups is 1. The maximum atomic E-state index is 15.0. The Kier molecular flexibility index (Phi) is 10.1. The number of ether oxygens (including phenoxy) is 2. The van der Waals surface area contributed by atoms with E-state index in [9.17, 15) is 9.59 Å². The molecule has 0 aliphatic carbocycles. The van der Waals surface area contributed by atoms with Gasteiger partial charge in [0, 0.05) is 51.4 Å². The predicted octanol–water partition coefficient (Wildman–Crippen LogP) is 5.44. The first-order valence-electron chi connectivity index (χ1n) is 15.7. The van der Waals surface area contributed by atoms with Crippen LogP contribution in [0.3, 0.4) is 0 Å². The van der Waals surface area contributed by atoms with Gasteiger partial charge in [0.15, 0.2) is 5.78 Å². The fourth-order valence-corrected chi connectivity index (χ4v) is 7.25. The zero-order valence-corrected chi connectivity index (χ0v) is 26.9. The van der Waals surface area contributed by atoms with Crippen molar-refractivity contribution in [2.24, 2.45) is 0 Å². The van der Waals surface area contributed by atoms with Crippen LogP contribution in [-0.4, -0.2) is 98.8 Å². The Labute approximate surface area is 275 Å². The lowest BCUT2D eigenvalue weighted by molar-refractivity contribution is -0.0174. The molecule has 0 saturated carbocycles. The van der Waals surface area contributed by atoms with Gasteiger partial charge in [-0.1, -0.05) is 89.9 Å². The first-order chi connectivity index (χ1) is 21.9. The first kappa shape index (κ1) is 32.0. The average Bonchev–Trinajstić information content (AvgIpc) is 3.10. The van der Waals surface area contributed by atoms with Gasteiger partial charge in [0.2, 0.25) is 0 Å². The van der Waals surface area contributed by atoms with Crippen molar-refractivity contribution in [3.05, 3.63) is 106 Å². The van der Waals surface area contributed by atoms with Crippen molar-refractivity contribution in [2.45, 2.75) is 23.9 Å². The highest BCUT2D eigenvalue weighted by atomic mass is 35.5. The Hall–Kier alpha value is -2.98. The molecule has 2 amide bonds. The molecule has 6 rings (SSSR count). The number of hydrogen-bond donors (Lipinski definition) is 1. The van der Waals surface area contributed by atoms with Crippen molar-refractivity contribution in [1.29, 1.82) is 0 Å². The van der Waals surface area contributed by atoms with Gasteiger partial charge in [-0.05, 0) is 36.1 Å². The predicted molar refractivity (Wildman–Crippen MR) is 176 cm³/mol. The summed E-state index contributed by atoms with van der Waals surface area (Å²) < 4.78 is 11.2. The molecule has 3 aromatic rings. The molecule has 0 radical (unpaired) electrons. The molecule has 10 heteroatoms. The van der Waals surface area contributed by atoms with Crippen LogP contribution in [0.25, 0.3) is 0 Å². The van der Waals surface area contributed by atoms with E-state index in [0.29, 0.717) is 87.6 Å². The van der Waals surface area contributed by atoms with Gasteiger partial charge in [-0.3, -0.25) is 14.6 Å². The molecule has 45 heavy (non-hydrogen) atoms. The van der Waals surface area contributed by atoms with E-state index in [1.54, 1.807) is 6.07 Å². The third kappa shape index (κ3) is 6.77. The van der Waals surface area contributed by atoms with E-state index in [1.807, 2.05) is 65.6 Å². The minimum absolute atomic E-state index is 0.0116. The van der Waals surface area contributed by atoms with E-state index < -0.39 is 11.1 Å². The van der Waals surface area contributed by atoms with E-state index in [4.69, 9.17) is 32.7 Å². The summed E-state index contributed by atoms with van der Waals surface area (Å²) in [5, 5.41) is 4.30. The Morgan fingerprint density at radius 3 is 1.98 bits per heavy atom. The van der Waals surface area contributed by atoms with Gasteiger partial charge in [-0.2, -0.15) is 0 Å². The molecular formula is C35H40Cl2N4O4. The van der Waals surface area contributed by atoms with E-state index in [-0.39, 0.29) is 11.8 Å². The number of carbonyl (C=O) groups excluding carboxylic acids is 2. The lowest BCUT2D eigenvalue weighted by Gasteiger charge is -2.52. The summed E-state index contributed by atoms with van der Waals surface area (Å²) in [5.41, 5.74) is 0.864. The molecule has 238 valence electrons. The quantitative estimate of drug-likeness (QED) is 0.328. The second kappa shape index (κ2) is 14.2. The Morgan fingerprint density at radius 2 is 1.36 bits per heavy atom. The van der Waals surface area contributed by atoms with Crippen LogP contribution in [0.1, 0.15) is 34.3 Å². The summed E-state index contributed by atoms with van der Waals surface area (Å²) in [4.78, 5) is 35.1. The van der Waals surface area contributed by atoms with Crippen molar-refractivity contribution in [3.8, 4) is 0 Å². The summed E-state index contributed by atoms with van der Waals surface area (Å²) in [6, 6.07) is 25.2. The van der Waals surface area contributed by atoms with E-state index in [0.717, 1.165) is 24.2 Å². The van der Waals surface area contributed by atoms with Crippen LogP contribution in [0.2, 0.25) is 10.0 Å². The van der Waals surface area contributed by atoms with Gasteiger partial charge in [0.25, 0.3) is 0 Å². The van der Waals surface area contributed by atoms with Gasteiger partial charge < -0.3 is 19.7 Å². The van der Waals surface area contributed by atoms with Crippen LogP contribution in [-0.2, 0) is 20.6 Å². The number of morpholine rings is 2. The topological polar surface area (TPSA) is 74.4 Å². The second-order valence-corrected chi connectivity index (χ2v) is 12.9. The van der Waals surface area contributed by atoms with Gasteiger partial charge in [-0.25, -0.2) is 4.79 Å². The summed E-state index contributed by atoms with van der Waals surface area (Å²) in [5.74, 6) is 0.0116. The zero-order chi connectivity index (χ0) is 31.3. The molecule has 3 aromatic carbocycles. The highest BCUT2D eigenvalue weighted by Gasteiger charge is 2.51. The Balaban J connectivity index is 1.40. The fraction of sp³-hybridized carbons (Fsp3) is 0.429. The van der Waals surface area contributed by atoms with Gasteiger partial charge in [0.1, 0.15) is 5.54 Å². The third-order valence-electron chi connectivity index (χ3n) is 9.49. The number of benzene rings is 3. The van der Waals surface area contributed by atoms with Crippen LogP contribution in [0.4, 0.5) is 4.79 Å². The lowest BCUT2D eigenvalue weighted by atomic mass is 9.75.